The minimum absolute atomic E-state index is 0.00873. The maximum absolute atomic E-state index is 12.3. The molecule has 1 saturated carbocycles. The number of hydrogen-bond donors (Lipinski definition) is 2. The number of rotatable bonds is 8. The van der Waals surface area contributed by atoms with Crippen LogP contribution in [0.3, 0.4) is 0 Å². The zero-order valence-electron chi connectivity index (χ0n) is 13.7. The van der Waals surface area contributed by atoms with Gasteiger partial charge in [-0.25, -0.2) is 0 Å². The first-order chi connectivity index (χ1) is 9.46. The maximum Gasteiger partial charge on any atom is 0.237 e. The Labute approximate surface area is 123 Å². The summed E-state index contributed by atoms with van der Waals surface area (Å²) >= 11 is 0. The Balaban J connectivity index is 2.66. The molecule has 0 aromatic rings. The molecule has 118 valence electrons. The SMILES string of the molecule is CCOC1CC(NC(=O)C(N)C(C)CC)C1(CC)CC. The van der Waals surface area contributed by atoms with Gasteiger partial charge in [-0.1, -0.05) is 34.1 Å². The van der Waals surface area contributed by atoms with Gasteiger partial charge in [-0.2, -0.15) is 0 Å². The van der Waals surface area contributed by atoms with Crippen LogP contribution in [-0.2, 0) is 9.53 Å². The van der Waals surface area contributed by atoms with Gasteiger partial charge < -0.3 is 15.8 Å². The van der Waals surface area contributed by atoms with Crippen molar-refractivity contribution in [2.45, 2.75) is 78.5 Å². The van der Waals surface area contributed by atoms with Crippen LogP contribution in [0, 0.1) is 11.3 Å². The van der Waals surface area contributed by atoms with Crippen LogP contribution in [0.25, 0.3) is 0 Å². The van der Waals surface area contributed by atoms with Crippen LogP contribution in [0.2, 0.25) is 0 Å². The van der Waals surface area contributed by atoms with Crippen LogP contribution < -0.4 is 11.1 Å². The highest BCUT2D eigenvalue weighted by Gasteiger charge is 2.54. The van der Waals surface area contributed by atoms with E-state index in [4.69, 9.17) is 10.5 Å². The lowest BCUT2D eigenvalue weighted by Gasteiger charge is -2.55. The molecule has 1 fully saturated rings. The van der Waals surface area contributed by atoms with E-state index in [1.807, 2.05) is 13.8 Å². The van der Waals surface area contributed by atoms with E-state index in [-0.39, 0.29) is 29.4 Å². The van der Waals surface area contributed by atoms with Crippen LogP contribution in [0.1, 0.15) is 60.3 Å². The molecule has 4 atom stereocenters. The molecule has 1 rings (SSSR count). The summed E-state index contributed by atoms with van der Waals surface area (Å²) in [5.74, 6) is 0.209. The first-order valence-electron chi connectivity index (χ1n) is 8.14. The van der Waals surface area contributed by atoms with Crippen molar-refractivity contribution in [3.63, 3.8) is 0 Å². The third-order valence-corrected chi connectivity index (χ3v) is 5.35. The van der Waals surface area contributed by atoms with E-state index in [0.29, 0.717) is 0 Å². The molecular formula is C16H32N2O2. The maximum atomic E-state index is 12.3. The molecule has 0 radical (unpaired) electrons. The predicted octanol–water partition coefficient (Wildman–Crippen LogP) is 2.46. The van der Waals surface area contributed by atoms with Crippen LogP contribution in [0.5, 0.6) is 0 Å². The Bertz CT molecular complexity index is 316. The minimum atomic E-state index is -0.405. The average Bonchev–Trinajstić information content (AvgIpc) is 2.45. The average molecular weight is 284 g/mol. The molecule has 0 spiro atoms. The van der Waals surface area contributed by atoms with Gasteiger partial charge in [0.1, 0.15) is 0 Å². The Morgan fingerprint density at radius 1 is 1.35 bits per heavy atom. The molecule has 4 unspecified atom stereocenters. The number of carbonyl (C=O) groups is 1. The van der Waals surface area contributed by atoms with E-state index in [2.05, 4.69) is 26.1 Å². The number of amides is 1. The standard InChI is InChI=1S/C16H32N2O2/c1-6-11(5)14(17)15(19)18-12-10-13(20-9-4)16(12,7-2)8-3/h11-14H,6-10,17H2,1-5H3,(H,18,19). The first kappa shape index (κ1) is 17.4. The third kappa shape index (κ3) is 3.17. The van der Waals surface area contributed by atoms with Crippen LogP contribution in [0.15, 0.2) is 0 Å². The fourth-order valence-electron chi connectivity index (χ4n) is 3.36. The van der Waals surface area contributed by atoms with Gasteiger partial charge in [0, 0.05) is 18.1 Å². The topological polar surface area (TPSA) is 64.3 Å². The third-order valence-electron chi connectivity index (χ3n) is 5.35. The molecule has 20 heavy (non-hydrogen) atoms. The molecule has 4 nitrogen and oxygen atoms in total. The molecular weight excluding hydrogens is 252 g/mol. The molecule has 0 saturated heterocycles. The second-order valence-electron chi connectivity index (χ2n) is 6.09. The number of hydrogen-bond acceptors (Lipinski definition) is 3. The summed E-state index contributed by atoms with van der Waals surface area (Å²) in [4.78, 5) is 12.3. The number of ether oxygens (including phenoxy) is 1. The van der Waals surface area contributed by atoms with Crippen molar-refractivity contribution in [3.05, 3.63) is 0 Å². The second-order valence-corrected chi connectivity index (χ2v) is 6.09. The summed E-state index contributed by atoms with van der Waals surface area (Å²) in [7, 11) is 0. The van der Waals surface area contributed by atoms with Crippen molar-refractivity contribution in [1.29, 1.82) is 0 Å². The Kier molecular flexibility index (Phi) is 6.46. The van der Waals surface area contributed by atoms with Gasteiger partial charge in [0.05, 0.1) is 12.1 Å². The summed E-state index contributed by atoms with van der Waals surface area (Å²) in [5.41, 5.74) is 6.10. The monoisotopic (exact) mass is 284 g/mol. The van der Waals surface area contributed by atoms with Crippen molar-refractivity contribution < 1.29 is 9.53 Å². The largest absolute Gasteiger partial charge is 0.378 e. The van der Waals surface area contributed by atoms with Gasteiger partial charge in [0.25, 0.3) is 0 Å². The van der Waals surface area contributed by atoms with E-state index >= 15 is 0 Å². The molecule has 1 aliphatic rings. The zero-order valence-corrected chi connectivity index (χ0v) is 13.7. The lowest BCUT2D eigenvalue weighted by Crippen LogP contribution is -2.66. The molecule has 4 heteroatoms. The van der Waals surface area contributed by atoms with Gasteiger partial charge >= 0.3 is 0 Å². The van der Waals surface area contributed by atoms with E-state index < -0.39 is 6.04 Å². The highest BCUT2D eigenvalue weighted by molar-refractivity contribution is 5.82. The van der Waals surface area contributed by atoms with Crippen LogP contribution in [0.4, 0.5) is 0 Å². The number of nitrogens with one attached hydrogen (secondary N) is 1. The quantitative estimate of drug-likeness (QED) is 0.719. The van der Waals surface area contributed by atoms with Crippen molar-refractivity contribution in [3.8, 4) is 0 Å². The molecule has 1 aliphatic carbocycles. The highest BCUT2D eigenvalue weighted by Crippen LogP contribution is 2.48. The van der Waals surface area contributed by atoms with E-state index in [9.17, 15) is 4.79 Å². The molecule has 0 aromatic carbocycles. The van der Waals surface area contributed by atoms with Crippen LogP contribution in [-0.4, -0.2) is 30.7 Å². The van der Waals surface area contributed by atoms with Gasteiger partial charge in [-0.3, -0.25) is 4.79 Å². The molecule has 0 aromatic heterocycles. The van der Waals surface area contributed by atoms with Crippen molar-refractivity contribution in [1.82, 2.24) is 5.32 Å². The van der Waals surface area contributed by atoms with Crippen molar-refractivity contribution in [2.75, 3.05) is 6.61 Å². The second kappa shape index (κ2) is 7.41. The molecule has 0 bridgehead atoms. The summed E-state index contributed by atoms with van der Waals surface area (Å²) in [6.07, 6.45) is 4.16. The first-order valence-corrected chi connectivity index (χ1v) is 8.14. The van der Waals surface area contributed by atoms with Gasteiger partial charge in [0.2, 0.25) is 5.91 Å². The van der Waals surface area contributed by atoms with Crippen molar-refractivity contribution >= 4 is 5.91 Å². The summed E-state index contributed by atoms with van der Waals surface area (Å²) in [5, 5.41) is 3.17. The minimum Gasteiger partial charge on any atom is -0.378 e. The summed E-state index contributed by atoms with van der Waals surface area (Å²) < 4.78 is 5.83. The predicted molar refractivity (Wildman–Crippen MR) is 82.4 cm³/mol. The molecule has 1 amide bonds. The Hall–Kier alpha value is -0.610. The summed E-state index contributed by atoms with van der Waals surface area (Å²) in [6.45, 7) is 11.2. The smallest absolute Gasteiger partial charge is 0.237 e. The fraction of sp³-hybridized carbons (Fsp3) is 0.938. The number of carbonyl (C=O) groups excluding carboxylic acids is 1. The fourth-order valence-corrected chi connectivity index (χ4v) is 3.36. The number of nitrogens with two attached hydrogens (primary N) is 1. The molecule has 0 aliphatic heterocycles. The van der Waals surface area contributed by atoms with Gasteiger partial charge in [-0.05, 0) is 32.1 Å². The summed E-state index contributed by atoms with van der Waals surface area (Å²) in [6, 6.07) is -0.200. The Morgan fingerprint density at radius 3 is 2.40 bits per heavy atom. The molecule has 3 N–H and O–H groups in total. The van der Waals surface area contributed by atoms with Crippen LogP contribution >= 0.6 is 0 Å². The lowest BCUT2D eigenvalue weighted by atomic mass is 9.58. The van der Waals surface area contributed by atoms with Gasteiger partial charge in [-0.15, -0.1) is 0 Å². The normalized spacial score (nSPS) is 27.5. The zero-order chi connectivity index (χ0) is 15.3. The molecule has 0 heterocycles. The van der Waals surface area contributed by atoms with E-state index in [1.54, 1.807) is 0 Å². The van der Waals surface area contributed by atoms with Crippen molar-refractivity contribution in [2.24, 2.45) is 17.1 Å². The van der Waals surface area contributed by atoms with E-state index in [1.165, 1.54) is 0 Å². The lowest BCUT2D eigenvalue weighted by molar-refractivity contribution is -0.149. The Morgan fingerprint density at radius 2 is 1.95 bits per heavy atom. The van der Waals surface area contributed by atoms with Gasteiger partial charge in [0.15, 0.2) is 0 Å². The van der Waals surface area contributed by atoms with E-state index in [0.717, 1.165) is 32.3 Å². The highest BCUT2D eigenvalue weighted by atomic mass is 16.5.